The summed E-state index contributed by atoms with van der Waals surface area (Å²) in [5, 5.41) is 3.16. The maximum Gasteiger partial charge on any atom is 0.170 e. The summed E-state index contributed by atoms with van der Waals surface area (Å²) in [4.78, 5) is 12.3. The van der Waals surface area contributed by atoms with E-state index in [2.05, 4.69) is 5.32 Å². The highest BCUT2D eigenvalue weighted by atomic mass is 19.1. The van der Waals surface area contributed by atoms with E-state index in [9.17, 15) is 9.18 Å². The van der Waals surface area contributed by atoms with Gasteiger partial charge in [0, 0.05) is 18.5 Å². The molecule has 1 fully saturated rings. The lowest BCUT2D eigenvalue weighted by Gasteiger charge is -2.22. The summed E-state index contributed by atoms with van der Waals surface area (Å²) in [6.07, 6.45) is 1.73. The molecule has 0 bridgehead atoms. The Morgan fingerprint density at radius 3 is 2.58 bits per heavy atom. The lowest BCUT2D eigenvalue weighted by molar-refractivity contribution is 0.0895. The monoisotopic (exact) mass is 267 g/mol. The first-order chi connectivity index (χ1) is 9.17. The smallest absolute Gasteiger partial charge is 0.170 e. The minimum absolute atomic E-state index is 0.0753. The maximum absolute atomic E-state index is 14.0. The van der Waals surface area contributed by atoms with Crippen LogP contribution in [-0.4, -0.2) is 33.1 Å². The van der Waals surface area contributed by atoms with E-state index in [-0.39, 0.29) is 17.3 Å². The van der Waals surface area contributed by atoms with Gasteiger partial charge in [-0.15, -0.1) is 0 Å². The van der Waals surface area contributed by atoms with Crippen molar-refractivity contribution in [3.8, 4) is 11.5 Å². The van der Waals surface area contributed by atoms with Gasteiger partial charge in [0.05, 0.1) is 19.8 Å². The molecule has 2 rings (SSSR count). The second kappa shape index (κ2) is 6.02. The first-order valence-electron chi connectivity index (χ1n) is 6.33. The minimum atomic E-state index is -0.562. The molecule has 1 saturated heterocycles. The third kappa shape index (κ3) is 2.87. The van der Waals surface area contributed by atoms with Crippen molar-refractivity contribution in [2.45, 2.75) is 12.8 Å². The summed E-state index contributed by atoms with van der Waals surface area (Å²) in [6, 6.07) is 2.62. The Kier molecular flexibility index (Phi) is 4.37. The van der Waals surface area contributed by atoms with E-state index in [1.54, 1.807) is 0 Å². The van der Waals surface area contributed by atoms with E-state index in [1.807, 2.05) is 0 Å². The zero-order chi connectivity index (χ0) is 13.8. The predicted octanol–water partition coefficient (Wildman–Crippen LogP) is 2.03. The van der Waals surface area contributed by atoms with Crippen LogP contribution in [0.3, 0.4) is 0 Å². The van der Waals surface area contributed by atoms with E-state index in [1.165, 1.54) is 26.4 Å². The Morgan fingerprint density at radius 2 is 2.00 bits per heavy atom. The molecule has 1 heterocycles. The molecular formula is C14H18FNO3. The fraction of sp³-hybridized carbons (Fsp3) is 0.500. The normalized spacial score (nSPS) is 19.0. The number of Topliss-reactive ketones (excluding diaryl/α,β-unsaturated/α-hetero) is 1. The maximum atomic E-state index is 14.0. The van der Waals surface area contributed by atoms with Crippen LogP contribution in [0.25, 0.3) is 0 Å². The number of carbonyl (C=O) groups is 1. The third-order valence-electron chi connectivity index (χ3n) is 3.41. The molecule has 104 valence electrons. The number of piperidine rings is 1. The highest BCUT2D eigenvalue weighted by Crippen LogP contribution is 2.31. The molecule has 1 atom stereocenters. The van der Waals surface area contributed by atoms with Gasteiger partial charge in [-0.05, 0) is 25.5 Å². The molecule has 0 amide bonds. The molecule has 1 N–H and O–H groups in total. The van der Waals surface area contributed by atoms with Crippen molar-refractivity contribution in [2.24, 2.45) is 5.92 Å². The zero-order valence-corrected chi connectivity index (χ0v) is 11.2. The van der Waals surface area contributed by atoms with Crippen LogP contribution in [-0.2, 0) is 0 Å². The van der Waals surface area contributed by atoms with E-state index < -0.39 is 5.82 Å². The summed E-state index contributed by atoms with van der Waals surface area (Å²) in [7, 11) is 2.90. The number of hydrogen-bond donors (Lipinski definition) is 1. The van der Waals surface area contributed by atoms with Crippen LogP contribution in [0.4, 0.5) is 4.39 Å². The molecule has 19 heavy (non-hydrogen) atoms. The molecule has 0 saturated carbocycles. The van der Waals surface area contributed by atoms with E-state index >= 15 is 0 Å². The summed E-state index contributed by atoms with van der Waals surface area (Å²) in [5.41, 5.74) is 0.0753. The zero-order valence-electron chi connectivity index (χ0n) is 11.2. The number of hydrogen-bond acceptors (Lipinski definition) is 4. The number of ketones is 1. The van der Waals surface area contributed by atoms with E-state index in [4.69, 9.17) is 9.47 Å². The molecular weight excluding hydrogens is 249 g/mol. The van der Waals surface area contributed by atoms with Crippen LogP contribution in [0.15, 0.2) is 12.1 Å². The van der Waals surface area contributed by atoms with Crippen LogP contribution < -0.4 is 14.8 Å². The quantitative estimate of drug-likeness (QED) is 0.848. The SMILES string of the molecule is COc1cc(F)c(C(=O)C2CCCNC2)cc1OC. The molecule has 0 aliphatic carbocycles. The van der Waals surface area contributed by atoms with Gasteiger partial charge in [0.2, 0.25) is 0 Å². The summed E-state index contributed by atoms with van der Waals surface area (Å²) in [6.45, 7) is 1.52. The molecule has 5 heteroatoms. The minimum Gasteiger partial charge on any atom is -0.493 e. The Hall–Kier alpha value is -1.62. The highest BCUT2D eigenvalue weighted by Gasteiger charge is 2.26. The molecule has 1 aliphatic rings. The van der Waals surface area contributed by atoms with Crippen LogP contribution in [0.5, 0.6) is 11.5 Å². The first kappa shape index (κ1) is 13.8. The fourth-order valence-corrected chi connectivity index (χ4v) is 2.34. The lowest BCUT2D eigenvalue weighted by atomic mass is 9.90. The van der Waals surface area contributed by atoms with Crippen molar-refractivity contribution < 1.29 is 18.7 Å². The number of ether oxygens (including phenoxy) is 2. The van der Waals surface area contributed by atoms with Gasteiger partial charge in [-0.3, -0.25) is 4.79 Å². The fourth-order valence-electron chi connectivity index (χ4n) is 2.34. The molecule has 0 spiro atoms. The molecule has 4 nitrogen and oxygen atoms in total. The number of methoxy groups -OCH3 is 2. The van der Waals surface area contributed by atoms with E-state index in [0.29, 0.717) is 18.0 Å². The summed E-state index contributed by atoms with van der Waals surface area (Å²) in [5.74, 6) is -0.241. The van der Waals surface area contributed by atoms with Gasteiger partial charge in [0.15, 0.2) is 17.3 Å². The van der Waals surface area contributed by atoms with Gasteiger partial charge in [-0.25, -0.2) is 4.39 Å². The molecule has 1 aliphatic heterocycles. The molecule has 1 unspecified atom stereocenters. The van der Waals surface area contributed by atoms with Crippen LogP contribution in [0.2, 0.25) is 0 Å². The Labute approximate surface area is 111 Å². The largest absolute Gasteiger partial charge is 0.493 e. The molecule has 0 aromatic heterocycles. The van der Waals surface area contributed by atoms with Gasteiger partial charge in [0.25, 0.3) is 0 Å². The summed E-state index contributed by atoms with van der Waals surface area (Å²) < 4.78 is 24.1. The van der Waals surface area contributed by atoms with Crippen molar-refractivity contribution in [3.63, 3.8) is 0 Å². The molecule has 1 aromatic rings. The second-order valence-corrected chi connectivity index (χ2v) is 4.59. The van der Waals surface area contributed by atoms with Crippen LogP contribution >= 0.6 is 0 Å². The Bertz CT molecular complexity index is 470. The van der Waals surface area contributed by atoms with Gasteiger partial charge < -0.3 is 14.8 Å². The number of carbonyl (C=O) groups excluding carboxylic acids is 1. The van der Waals surface area contributed by atoms with E-state index in [0.717, 1.165) is 19.4 Å². The highest BCUT2D eigenvalue weighted by molar-refractivity contribution is 5.99. The number of benzene rings is 1. The number of nitrogens with one attached hydrogen (secondary N) is 1. The van der Waals surface area contributed by atoms with Crippen molar-refractivity contribution in [1.82, 2.24) is 5.32 Å². The van der Waals surface area contributed by atoms with Gasteiger partial charge in [0.1, 0.15) is 5.82 Å². The lowest BCUT2D eigenvalue weighted by Crippen LogP contribution is -2.34. The van der Waals surface area contributed by atoms with Crippen LogP contribution in [0, 0.1) is 11.7 Å². The Balaban J connectivity index is 2.30. The van der Waals surface area contributed by atoms with Crippen molar-refractivity contribution in [1.29, 1.82) is 0 Å². The Morgan fingerprint density at radius 1 is 1.32 bits per heavy atom. The van der Waals surface area contributed by atoms with Crippen molar-refractivity contribution in [3.05, 3.63) is 23.5 Å². The summed E-state index contributed by atoms with van der Waals surface area (Å²) >= 11 is 0. The van der Waals surface area contributed by atoms with Crippen molar-refractivity contribution >= 4 is 5.78 Å². The predicted molar refractivity (Wildman–Crippen MR) is 69.4 cm³/mol. The number of halogens is 1. The average Bonchev–Trinajstić information content (AvgIpc) is 2.47. The molecule has 0 radical (unpaired) electrons. The number of rotatable bonds is 4. The third-order valence-corrected chi connectivity index (χ3v) is 3.41. The van der Waals surface area contributed by atoms with Crippen molar-refractivity contribution in [2.75, 3.05) is 27.3 Å². The van der Waals surface area contributed by atoms with Gasteiger partial charge >= 0.3 is 0 Å². The topological polar surface area (TPSA) is 47.6 Å². The van der Waals surface area contributed by atoms with Gasteiger partial charge in [-0.2, -0.15) is 0 Å². The molecule has 1 aromatic carbocycles. The second-order valence-electron chi connectivity index (χ2n) is 4.59. The average molecular weight is 267 g/mol. The van der Waals surface area contributed by atoms with Crippen LogP contribution in [0.1, 0.15) is 23.2 Å². The van der Waals surface area contributed by atoms with Gasteiger partial charge in [-0.1, -0.05) is 0 Å². The first-order valence-corrected chi connectivity index (χ1v) is 6.33. The standard InChI is InChI=1S/C14H18FNO3/c1-18-12-6-10(11(15)7-13(12)19-2)14(17)9-4-3-5-16-8-9/h6-7,9,16H,3-5,8H2,1-2H3.